The summed E-state index contributed by atoms with van der Waals surface area (Å²) in [7, 11) is 0. The molecule has 0 radical (unpaired) electrons. The van der Waals surface area contributed by atoms with Crippen molar-refractivity contribution in [1.29, 1.82) is 0 Å². The average Bonchev–Trinajstić information content (AvgIpc) is 3.28. The lowest BCUT2D eigenvalue weighted by molar-refractivity contribution is -0.159. The Kier molecular flexibility index (Phi) is 4.44. The lowest BCUT2D eigenvalue weighted by atomic mass is 9.49. The zero-order valence-corrected chi connectivity index (χ0v) is 17.9. The minimum atomic E-state index is -0.0879. The number of carbonyl (C=O) groups excluding carboxylic acids is 2. The summed E-state index contributed by atoms with van der Waals surface area (Å²) in [6, 6.07) is 11.6. The van der Waals surface area contributed by atoms with Gasteiger partial charge in [-0.3, -0.25) is 9.59 Å². The summed E-state index contributed by atoms with van der Waals surface area (Å²) in [6.07, 6.45) is 9.20. The fraction of sp³-hybridized carbons (Fsp3) is 0.560. The Balaban J connectivity index is 1.10. The Labute approximate surface area is 183 Å². The molecule has 1 aromatic carbocycles. The molecule has 4 saturated carbocycles. The Morgan fingerprint density at radius 3 is 2.00 bits per heavy atom. The van der Waals surface area contributed by atoms with Gasteiger partial charge in [0.2, 0.25) is 5.91 Å². The van der Waals surface area contributed by atoms with Gasteiger partial charge in [0.1, 0.15) is 0 Å². The molecule has 5 aliphatic rings. The molecule has 0 N–H and O–H groups in total. The van der Waals surface area contributed by atoms with Gasteiger partial charge in [0.25, 0.3) is 5.91 Å². The highest BCUT2D eigenvalue weighted by Crippen LogP contribution is 2.60. The van der Waals surface area contributed by atoms with Crippen LogP contribution >= 0.6 is 0 Å². The first-order chi connectivity index (χ1) is 15.1. The number of aromatic nitrogens is 2. The summed E-state index contributed by atoms with van der Waals surface area (Å²) in [5, 5.41) is 4.48. The summed E-state index contributed by atoms with van der Waals surface area (Å²) >= 11 is 0. The van der Waals surface area contributed by atoms with Gasteiger partial charge in [0.05, 0.1) is 11.1 Å². The number of carbonyl (C=O) groups is 2. The minimum absolute atomic E-state index is 0.0448. The Hall–Kier alpha value is -2.63. The van der Waals surface area contributed by atoms with Gasteiger partial charge in [-0.2, -0.15) is 5.10 Å². The SMILES string of the molecule is O=C(c1ccn(-c2ccccc2)n1)N1CCN(C(=O)C23CC4CC(CC(C4)C2)C3)CC1. The molecule has 2 amide bonds. The van der Waals surface area contributed by atoms with Gasteiger partial charge in [-0.05, 0) is 74.5 Å². The topological polar surface area (TPSA) is 58.4 Å². The first-order valence-corrected chi connectivity index (χ1v) is 11.8. The lowest BCUT2D eigenvalue weighted by Gasteiger charge is -2.57. The van der Waals surface area contributed by atoms with Gasteiger partial charge in [-0.1, -0.05) is 18.2 Å². The zero-order chi connectivity index (χ0) is 21.0. The van der Waals surface area contributed by atoms with Gasteiger partial charge in [-0.15, -0.1) is 0 Å². The Bertz CT molecular complexity index is 955. The van der Waals surface area contributed by atoms with E-state index in [0.29, 0.717) is 37.8 Å². The van der Waals surface area contributed by atoms with Crippen molar-refractivity contribution < 1.29 is 9.59 Å². The van der Waals surface area contributed by atoms with Crippen LogP contribution < -0.4 is 0 Å². The molecule has 1 saturated heterocycles. The predicted molar refractivity (Wildman–Crippen MR) is 117 cm³/mol. The molecule has 6 nitrogen and oxygen atoms in total. The second-order valence-electron chi connectivity index (χ2n) is 10.3. The summed E-state index contributed by atoms with van der Waals surface area (Å²) in [5.74, 6) is 2.66. The number of rotatable bonds is 3. The van der Waals surface area contributed by atoms with Crippen LogP contribution in [-0.2, 0) is 4.79 Å². The molecule has 2 aromatic rings. The Morgan fingerprint density at radius 1 is 0.806 bits per heavy atom. The van der Waals surface area contributed by atoms with E-state index in [1.54, 1.807) is 10.7 Å². The van der Waals surface area contributed by atoms with Crippen molar-refractivity contribution in [2.75, 3.05) is 26.2 Å². The predicted octanol–water partition coefficient (Wildman–Crippen LogP) is 3.37. The molecule has 162 valence electrons. The molecule has 4 aliphatic carbocycles. The monoisotopic (exact) mass is 418 g/mol. The van der Waals surface area contributed by atoms with Gasteiger partial charge in [-0.25, -0.2) is 4.68 Å². The number of amides is 2. The Morgan fingerprint density at radius 2 is 1.39 bits per heavy atom. The van der Waals surface area contributed by atoms with Crippen molar-refractivity contribution in [3.8, 4) is 5.69 Å². The van der Waals surface area contributed by atoms with Gasteiger partial charge in [0, 0.05) is 32.4 Å². The third-order valence-electron chi connectivity index (χ3n) is 8.17. The van der Waals surface area contributed by atoms with Crippen LogP contribution in [0.5, 0.6) is 0 Å². The highest BCUT2D eigenvalue weighted by molar-refractivity contribution is 5.92. The maximum absolute atomic E-state index is 13.6. The number of piperazine rings is 1. The molecular weight excluding hydrogens is 388 g/mol. The van der Waals surface area contributed by atoms with Crippen LogP contribution in [0, 0.1) is 23.2 Å². The first-order valence-electron chi connectivity index (χ1n) is 11.8. The maximum atomic E-state index is 13.6. The highest BCUT2D eigenvalue weighted by Gasteiger charge is 2.55. The third kappa shape index (κ3) is 3.27. The molecule has 0 atom stereocenters. The average molecular weight is 419 g/mol. The molecule has 0 spiro atoms. The van der Waals surface area contributed by atoms with Crippen molar-refractivity contribution in [2.24, 2.45) is 23.2 Å². The van der Waals surface area contributed by atoms with E-state index in [9.17, 15) is 9.59 Å². The molecular formula is C25H30N4O2. The van der Waals surface area contributed by atoms with Crippen LogP contribution in [0.2, 0.25) is 0 Å². The lowest BCUT2D eigenvalue weighted by Crippen LogP contribution is -2.58. The van der Waals surface area contributed by atoms with Crippen LogP contribution in [0.1, 0.15) is 49.0 Å². The largest absolute Gasteiger partial charge is 0.339 e. The van der Waals surface area contributed by atoms with Crippen molar-refractivity contribution in [1.82, 2.24) is 19.6 Å². The van der Waals surface area contributed by atoms with Crippen LogP contribution in [0.15, 0.2) is 42.6 Å². The van der Waals surface area contributed by atoms with Crippen molar-refractivity contribution in [3.63, 3.8) is 0 Å². The van der Waals surface area contributed by atoms with Crippen LogP contribution in [0.4, 0.5) is 0 Å². The van der Waals surface area contributed by atoms with Crippen LogP contribution in [-0.4, -0.2) is 57.6 Å². The van der Waals surface area contributed by atoms with E-state index in [2.05, 4.69) is 10.00 Å². The van der Waals surface area contributed by atoms with Gasteiger partial charge < -0.3 is 9.80 Å². The summed E-state index contributed by atoms with van der Waals surface area (Å²) in [6.45, 7) is 2.47. The molecule has 1 aliphatic heterocycles. The van der Waals surface area contributed by atoms with E-state index < -0.39 is 0 Å². The minimum Gasteiger partial charge on any atom is -0.339 e. The van der Waals surface area contributed by atoms with Crippen molar-refractivity contribution in [3.05, 3.63) is 48.3 Å². The highest BCUT2D eigenvalue weighted by atomic mass is 16.2. The molecule has 0 unspecified atom stereocenters. The smallest absolute Gasteiger partial charge is 0.274 e. The van der Waals surface area contributed by atoms with E-state index in [4.69, 9.17) is 0 Å². The summed E-state index contributed by atoms with van der Waals surface area (Å²) in [5.41, 5.74) is 1.31. The van der Waals surface area contributed by atoms with Crippen LogP contribution in [0.25, 0.3) is 5.69 Å². The van der Waals surface area contributed by atoms with Crippen molar-refractivity contribution in [2.45, 2.75) is 38.5 Å². The van der Waals surface area contributed by atoms with E-state index in [0.717, 1.165) is 42.7 Å². The fourth-order valence-electron chi connectivity index (χ4n) is 7.15. The van der Waals surface area contributed by atoms with Crippen molar-refractivity contribution >= 4 is 11.8 Å². The summed E-state index contributed by atoms with van der Waals surface area (Å²) in [4.78, 5) is 30.5. The van der Waals surface area contributed by atoms with E-state index in [-0.39, 0.29) is 11.3 Å². The third-order valence-corrected chi connectivity index (χ3v) is 8.17. The standard InChI is InChI=1S/C25H30N4O2/c30-23(22-6-7-29(26-22)21-4-2-1-3-5-21)27-8-10-28(11-9-27)24(31)25-15-18-12-19(16-25)14-20(13-18)17-25/h1-7,18-20H,8-17H2. The molecule has 7 rings (SSSR count). The number of hydrogen-bond acceptors (Lipinski definition) is 3. The van der Waals surface area contributed by atoms with E-state index in [1.165, 1.54) is 19.3 Å². The first kappa shape index (κ1) is 19.1. The molecule has 4 bridgehead atoms. The molecule has 6 heteroatoms. The van der Waals surface area contributed by atoms with E-state index in [1.807, 2.05) is 41.4 Å². The normalized spacial score (nSPS) is 31.8. The molecule has 5 fully saturated rings. The molecule has 1 aromatic heterocycles. The summed E-state index contributed by atoms with van der Waals surface area (Å²) < 4.78 is 1.74. The fourth-order valence-corrected chi connectivity index (χ4v) is 7.15. The van der Waals surface area contributed by atoms with E-state index >= 15 is 0 Å². The molecule has 2 heterocycles. The number of benzene rings is 1. The number of nitrogens with zero attached hydrogens (tertiary/aromatic N) is 4. The zero-order valence-electron chi connectivity index (χ0n) is 17.9. The number of hydrogen-bond donors (Lipinski definition) is 0. The van der Waals surface area contributed by atoms with Gasteiger partial charge >= 0.3 is 0 Å². The molecule has 31 heavy (non-hydrogen) atoms. The number of para-hydroxylation sites is 1. The second kappa shape index (κ2) is 7.21. The second-order valence-corrected chi connectivity index (χ2v) is 10.3. The van der Waals surface area contributed by atoms with Gasteiger partial charge in [0.15, 0.2) is 5.69 Å². The maximum Gasteiger partial charge on any atom is 0.274 e. The quantitative estimate of drug-likeness (QED) is 0.768. The van der Waals surface area contributed by atoms with Crippen LogP contribution in [0.3, 0.4) is 0 Å².